The highest BCUT2D eigenvalue weighted by molar-refractivity contribution is 5.74. The first-order valence-electron chi connectivity index (χ1n) is 8.83. The van der Waals surface area contributed by atoms with Crippen LogP contribution in [0.1, 0.15) is 43.0 Å². The van der Waals surface area contributed by atoms with Crippen LogP contribution in [0.4, 0.5) is 10.5 Å². The lowest BCUT2D eigenvalue weighted by Crippen LogP contribution is -2.40. The fourth-order valence-corrected chi connectivity index (χ4v) is 3.19. The number of benzene rings is 1. The van der Waals surface area contributed by atoms with E-state index in [0.717, 1.165) is 48.8 Å². The van der Waals surface area contributed by atoms with Gasteiger partial charge in [-0.25, -0.2) is 14.5 Å². The monoisotopic (exact) mass is 342 g/mol. The Bertz CT molecular complexity index is 741. The van der Waals surface area contributed by atoms with Crippen molar-refractivity contribution in [2.24, 2.45) is 0 Å². The topological polar surface area (TPSA) is 75.1 Å². The zero-order valence-corrected chi connectivity index (χ0v) is 15.1. The number of anilines is 1. The van der Waals surface area contributed by atoms with E-state index in [4.69, 9.17) is 0 Å². The number of fused-ring (bicyclic) bond motifs is 1. The second-order valence-corrected chi connectivity index (χ2v) is 6.41. The second-order valence-electron chi connectivity index (χ2n) is 6.41. The molecule has 1 aromatic heterocycles. The minimum Gasteiger partial charge on any atom is -0.375 e. The van der Waals surface area contributed by atoms with Crippen molar-refractivity contribution in [2.75, 3.05) is 18.5 Å². The van der Waals surface area contributed by atoms with Crippen molar-refractivity contribution in [3.05, 3.63) is 41.5 Å². The lowest BCUT2D eigenvalue weighted by Gasteiger charge is -2.24. The molecule has 1 aliphatic heterocycles. The maximum atomic E-state index is 12.4. The van der Waals surface area contributed by atoms with Gasteiger partial charge in [-0.1, -0.05) is 18.2 Å². The van der Waals surface area contributed by atoms with Crippen molar-refractivity contribution in [1.29, 1.82) is 0 Å². The number of aromatic nitrogens is 3. The predicted molar refractivity (Wildman–Crippen MR) is 97.5 cm³/mol. The van der Waals surface area contributed by atoms with E-state index in [1.807, 2.05) is 29.8 Å². The summed E-state index contributed by atoms with van der Waals surface area (Å²) in [6.07, 6.45) is 1.88. The average Bonchev–Trinajstić information content (AvgIpc) is 3.01. The Kier molecular flexibility index (Phi) is 5.21. The molecule has 7 nitrogen and oxygen atoms in total. The molecule has 0 spiro atoms. The summed E-state index contributed by atoms with van der Waals surface area (Å²) in [6.45, 7) is 6.26. The lowest BCUT2D eigenvalue weighted by molar-refractivity contribution is 0.232. The lowest BCUT2D eigenvalue weighted by atomic mass is 10.1. The SMILES string of the molecule is CCN(C)c1ccccc1CNC(=O)N[C@@H]1CCCn2nc(C)nc21. The molecule has 0 bridgehead atoms. The van der Waals surface area contributed by atoms with Gasteiger partial charge in [0.05, 0.1) is 6.04 Å². The van der Waals surface area contributed by atoms with Crippen LogP contribution in [0.3, 0.4) is 0 Å². The number of carbonyl (C=O) groups is 1. The average molecular weight is 342 g/mol. The number of hydrogen-bond acceptors (Lipinski definition) is 4. The molecule has 2 amide bonds. The molecule has 0 fully saturated rings. The van der Waals surface area contributed by atoms with Gasteiger partial charge in [0, 0.05) is 32.4 Å². The normalized spacial score (nSPS) is 16.2. The first-order chi connectivity index (χ1) is 12.1. The zero-order valence-electron chi connectivity index (χ0n) is 15.1. The first-order valence-corrected chi connectivity index (χ1v) is 8.83. The number of urea groups is 1. The Morgan fingerprint density at radius 3 is 3.00 bits per heavy atom. The van der Waals surface area contributed by atoms with Crippen LogP contribution in [0.5, 0.6) is 0 Å². The number of nitrogens with one attached hydrogen (secondary N) is 2. The third-order valence-electron chi connectivity index (χ3n) is 4.60. The molecule has 0 unspecified atom stereocenters. The molecule has 1 aliphatic rings. The molecule has 0 saturated heterocycles. The molecule has 134 valence electrons. The minimum atomic E-state index is -0.173. The molecule has 1 atom stereocenters. The maximum absolute atomic E-state index is 12.4. The molecule has 2 heterocycles. The van der Waals surface area contributed by atoms with E-state index in [1.165, 1.54) is 0 Å². The third-order valence-corrected chi connectivity index (χ3v) is 4.60. The van der Waals surface area contributed by atoms with Crippen LogP contribution in [-0.2, 0) is 13.1 Å². The highest BCUT2D eigenvalue weighted by Crippen LogP contribution is 2.23. The Morgan fingerprint density at radius 2 is 2.20 bits per heavy atom. The van der Waals surface area contributed by atoms with E-state index < -0.39 is 0 Å². The van der Waals surface area contributed by atoms with Gasteiger partial charge in [-0.2, -0.15) is 5.10 Å². The van der Waals surface area contributed by atoms with Gasteiger partial charge in [-0.15, -0.1) is 0 Å². The van der Waals surface area contributed by atoms with Gasteiger partial charge in [0.1, 0.15) is 11.6 Å². The summed E-state index contributed by atoms with van der Waals surface area (Å²) in [5.41, 5.74) is 2.24. The van der Waals surface area contributed by atoms with E-state index in [-0.39, 0.29) is 12.1 Å². The molecule has 0 aliphatic carbocycles. The van der Waals surface area contributed by atoms with Crippen molar-refractivity contribution in [2.45, 2.75) is 45.8 Å². The number of carbonyl (C=O) groups excluding carboxylic acids is 1. The molecule has 7 heteroatoms. The second kappa shape index (κ2) is 7.55. The number of hydrogen-bond donors (Lipinski definition) is 2. The fraction of sp³-hybridized carbons (Fsp3) is 0.500. The molecule has 0 saturated carbocycles. The van der Waals surface area contributed by atoms with Crippen LogP contribution in [0, 0.1) is 6.92 Å². The summed E-state index contributed by atoms with van der Waals surface area (Å²) in [4.78, 5) is 19.0. The number of amides is 2. The third kappa shape index (κ3) is 3.92. The number of para-hydroxylation sites is 1. The van der Waals surface area contributed by atoms with Gasteiger partial charge >= 0.3 is 6.03 Å². The molecule has 2 aromatic rings. The van der Waals surface area contributed by atoms with Gasteiger partial charge in [0.15, 0.2) is 0 Å². The van der Waals surface area contributed by atoms with Crippen LogP contribution >= 0.6 is 0 Å². The van der Waals surface area contributed by atoms with E-state index in [0.29, 0.717) is 6.54 Å². The van der Waals surface area contributed by atoms with Crippen LogP contribution in [0.25, 0.3) is 0 Å². The Morgan fingerprint density at radius 1 is 1.40 bits per heavy atom. The molecular weight excluding hydrogens is 316 g/mol. The highest BCUT2D eigenvalue weighted by Gasteiger charge is 2.24. The molecule has 2 N–H and O–H groups in total. The molecule has 1 aromatic carbocycles. The van der Waals surface area contributed by atoms with Crippen LogP contribution < -0.4 is 15.5 Å². The Hall–Kier alpha value is -2.57. The molecule has 3 rings (SSSR count). The molecule has 25 heavy (non-hydrogen) atoms. The quantitative estimate of drug-likeness (QED) is 0.875. The summed E-state index contributed by atoms with van der Waals surface area (Å²) in [7, 11) is 2.05. The van der Waals surface area contributed by atoms with E-state index in [1.54, 1.807) is 0 Å². The van der Waals surface area contributed by atoms with Crippen molar-refractivity contribution in [3.63, 3.8) is 0 Å². The highest BCUT2D eigenvalue weighted by atomic mass is 16.2. The molecule has 0 radical (unpaired) electrons. The first kappa shape index (κ1) is 17.3. The van der Waals surface area contributed by atoms with Crippen LogP contribution in [0.15, 0.2) is 24.3 Å². The van der Waals surface area contributed by atoms with Crippen molar-refractivity contribution in [1.82, 2.24) is 25.4 Å². The van der Waals surface area contributed by atoms with Gasteiger partial charge in [0.25, 0.3) is 0 Å². The summed E-state index contributed by atoms with van der Waals surface area (Å²) < 4.78 is 1.90. The summed E-state index contributed by atoms with van der Waals surface area (Å²) in [6, 6.07) is 7.88. The van der Waals surface area contributed by atoms with Crippen molar-refractivity contribution >= 4 is 11.7 Å². The van der Waals surface area contributed by atoms with E-state index >= 15 is 0 Å². The summed E-state index contributed by atoms with van der Waals surface area (Å²) in [5.74, 6) is 1.60. The van der Waals surface area contributed by atoms with E-state index in [9.17, 15) is 4.79 Å². The summed E-state index contributed by atoms with van der Waals surface area (Å²) in [5, 5.41) is 10.4. The maximum Gasteiger partial charge on any atom is 0.315 e. The van der Waals surface area contributed by atoms with Crippen LogP contribution in [0.2, 0.25) is 0 Å². The van der Waals surface area contributed by atoms with Gasteiger partial charge < -0.3 is 15.5 Å². The van der Waals surface area contributed by atoms with E-state index in [2.05, 4.69) is 45.7 Å². The van der Waals surface area contributed by atoms with Crippen molar-refractivity contribution in [3.8, 4) is 0 Å². The summed E-state index contributed by atoms with van der Waals surface area (Å²) >= 11 is 0. The Balaban J connectivity index is 1.61. The van der Waals surface area contributed by atoms with Gasteiger partial charge in [-0.3, -0.25) is 0 Å². The van der Waals surface area contributed by atoms with Crippen molar-refractivity contribution < 1.29 is 4.79 Å². The Labute approximate surface area is 148 Å². The predicted octanol–water partition coefficient (Wildman–Crippen LogP) is 2.38. The zero-order chi connectivity index (χ0) is 17.8. The minimum absolute atomic E-state index is 0.0801. The van der Waals surface area contributed by atoms with Gasteiger partial charge in [-0.05, 0) is 38.3 Å². The fourth-order valence-electron chi connectivity index (χ4n) is 3.19. The van der Waals surface area contributed by atoms with Crippen LogP contribution in [-0.4, -0.2) is 34.4 Å². The molecular formula is C18H26N6O. The smallest absolute Gasteiger partial charge is 0.315 e. The number of aryl methyl sites for hydroxylation is 2. The number of nitrogens with zero attached hydrogens (tertiary/aromatic N) is 4. The van der Waals surface area contributed by atoms with Gasteiger partial charge in [0.2, 0.25) is 0 Å². The standard InChI is InChI=1S/C18H26N6O/c1-4-23(3)16-10-6-5-8-14(16)12-19-18(25)21-15-9-7-11-24-17(15)20-13(2)22-24/h5-6,8,10,15H,4,7,9,11-12H2,1-3H3,(H2,19,21,25)/t15-/m1/s1. The largest absolute Gasteiger partial charge is 0.375 e. The number of rotatable bonds is 5.